The third-order valence-corrected chi connectivity index (χ3v) is 7.61. The lowest BCUT2D eigenvalue weighted by Crippen LogP contribution is -2.07. The molecule has 0 unspecified atom stereocenters. The second-order valence-corrected chi connectivity index (χ2v) is 10.00. The molecular formula is C20H16N6O2S3. The molecule has 5 aromatic rings. The molecule has 4 heterocycles. The third-order valence-electron chi connectivity index (χ3n) is 4.47. The van der Waals surface area contributed by atoms with E-state index in [0.717, 1.165) is 20.7 Å². The Bertz CT molecular complexity index is 1460. The lowest BCUT2D eigenvalue weighted by molar-refractivity contribution is 0.596. The number of aromatic nitrogens is 6. The van der Waals surface area contributed by atoms with Crippen molar-refractivity contribution >= 4 is 51.6 Å². The lowest BCUT2D eigenvalue weighted by Gasteiger charge is -2.00. The van der Waals surface area contributed by atoms with Gasteiger partial charge in [0.25, 0.3) is 5.78 Å². The first-order valence-electron chi connectivity index (χ1n) is 9.35. The maximum atomic E-state index is 12.6. The van der Waals surface area contributed by atoms with E-state index in [1.54, 1.807) is 16.6 Å². The van der Waals surface area contributed by atoms with Crippen LogP contribution in [0.4, 0.5) is 0 Å². The third kappa shape index (κ3) is 4.21. The molecule has 0 saturated heterocycles. The Balaban J connectivity index is 1.24. The monoisotopic (exact) mass is 468 g/mol. The van der Waals surface area contributed by atoms with Gasteiger partial charge in [-0.25, -0.2) is 9.50 Å². The van der Waals surface area contributed by atoms with Gasteiger partial charge in [-0.3, -0.25) is 4.79 Å². The number of hydrogen-bond donors (Lipinski definition) is 0. The van der Waals surface area contributed by atoms with Gasteiger partial charge in [0.2, 0.25) is 5.16 Å². The molecule has 5 rings (SSSR count). The Hall–Kier alpha value is -2.76. The van der Waals surface area contributed by atoms with Crippen LogP contribution in [0.15, 0.2) is 55.3 Å². The number of rotatable bonds is 6. The quantitative estimate of drug-likeness (QED) is 0.338. The Morgan fingerprint density at radius 1 is 1.10 bits per heavy atom. The molecule has 0 bridgehead atoms. The average molecular weight is 469 g/mol. The number of benzene rings is 1. The van der Waals surface area contributed by atoms with Crippen molar-refractivity contribution in [3.05, 3.63) is 68.8 Å². The normalized spacial score (nSPS) is 11.5. The van der Waals surface area contributed by atoms with E-state index in [0.29, 0.717) is 39.0 Å². The van der Waals surface area contributed by atoms with Crippen LogP contribution in [0, 0.1) is 13.8 Å². The van der Waals surface area contributed by atoms with Crippen molar-refractivity contribution in [2.24, 2.45) is 0 Å². The molecule has 8 nitrogen and oxygen atoms in total. The fourth-order valence-corrected chi connectivity index (χ4v) is 5.70. The highest BCUT2D eigenvalue weighted by molar-refractivity contribution is 8.00. The Kier molecular flexibility index (Phi) is 5.47. The summed E-state index contributed by atoms with van der Waals surface area (Å²) in [5, 5.41) is 15.1. The summed E-state index contributed by atoms with van der Waals surface area (Å²) in [4.78, 5) is 21.5. The van der Waals surface area contributed by atoms with Crippen LogP contribution in [0.3, 0.4) is 0 Å². The molecule has 0 saturated carbocycles. The van der Waals surface area contributed by atoms with E-state index in [1.807, 2.05) is 32.0 Å². The summed E-state index contributed by atoms with van der Waals surface area (Å²) >= 11 is 4.48. The van der Waals surface area contributed by atoms with Gasteiger partial charge in [-0.15, -0.1) is 15.3 Å². The molecule has 0 aliphatic carbocycles. The van der Waals surface area contributed by atoms with Gasteiger partial charge < -0.3 is 4.42 Å². The maximum absolute atomic E-state index is 12.6. The molecule has 0 aliphatic rings. The molecule has 0 amide bonds. The fourth-order valence-electron chi connectivity index (χ4n) is 3.05. The zero-order chi connectivity index (χ0) is 21.4. The number of aryl methyl sites for hydroxylation is 2. The minimum Gasteiger partial charge on any atom is -0.464 e. The summed E-state index contributed by atoms with van der Waals surface area (Å²) in [5.41, 5.74) is 3.11. The van der Waals surface area contributed by atoms with Crippen molar-refractivity contribution in [1.29, 1.82) is 0 Å². The van der Waals surface area contributed by atoms with Crippen molar-refractivity contribution in [1.82, 2.24) is 29.8 Å². The largest absolute Gasteiger partial charge is 0.464 e. The van der Waals surface area contributed by atoms with Crippen LogP contribution in [-0.2, 0) is 11.5 Å². The number of para-hydroxylation sites is 1. The second kappa shape index (κ2) is 8.40. The molecule has 0 radical (unpaired) electrons. The van der Waals surface area contributed by atoms with Gasteiger partial charge in [0, 0.05) is 22.7 Å². The maximum Gasteiger partial charge on any atom is 0.253 e. The highest BCUT2D eigenvalue weighted by Gasteiger charge is 2.12. The summed E-state index contributed by atoms with van der Waals surface area (Å²) in [7, 11) is 0. The van der Waals surface area contributed by atoms with Gasteiger partial charge in [-0.1, -0.05) is 47.0 Å². The standard InChI is InChI=1S/C20H16N6O2S3/c1-11-7-12(2)26-18(21-11)22-19(25-26)29-10-16-23-24-20(31-16)30-9-13-8-28-15-6-4-3-5-14(15)17(13)27/h3-8H,9-10H2,1-2H3. The molecule has 0 spiro atoms. The van der Waals surface area contributed by atoms with Gasteiger partial charge in [-0.2, -0.15) is 4.98 Å². The number of fused-ring (bicyclic) bond motifs is 2. The van der Waals surface area contributed by atoms with Crippen LogP contribution in [0.25, 0.3) is 16.7 Å². The van der Waals surface area contributed by atoms with Crippen LogP contribution in [0.5, 0.6) is 0 Å². The van der Waals surface area contributed by atoms with Crippen LogP contribution < -0.4 is 5.43 Å². The number of nitrogens with zero attached hydrogens (tertiary/aromatic N) is 6. The zero-order valence-electron chi connectivity index (χ0n) is 16.6. The predicted molar refractivity (Wildman–Crippen MR) is 122 cm³/mol. The molecule has 4 aromatic heterocycles. The molecule has 0 atom stereocenters. The Morgan fingerprint density at radius 2 is 1.97 bits per heavy atom. The van der Waals surface area contributed by atoms with Crippen LogP contribution in [0.2, 0.25) is 0 Å². The van der Waals surface area contributed by atoms with Crippen molar-refractivity contribution in [3.63, 3.8) is 0 Å². The first-order valence-corrected chi connectivity index (χ1v) is 12.1. The topological polar surface area (TPSA) is 99.1 Å². The van der Waals surface area contributed by atoms with E-state index in [-0.39, 0.29) is 5.43 Å². The molecule has 0 N–H and O–H groups in total. The molecule has 0 aliphatic heterocycles. The van der Waals surface area contributed by atoms with Gasteiger partial charge in [0.1, 0.15) is 10.6 Å². The minimum atomic E-state index is -0.00768. The smallest absolute Gasteiger partial charge is 0.253 e. The lowest BCUT2D eigenvalue weighted by atomic mass is 10.2. The predicted octanol–water partition coefficient (Wildman–Crippen LogP) is 4.28. The zero-order valence-corrected chi connectivity index (χ0v) is 19.1. The highest BCUT2D eigenvalue weighted by atomic mass is 32.2. The highest BCUT2D eigenvalue weighted by Crippen LogP contribution is 2.29. The summed E-state index contributed by atoms with van der Waals surface area (Å²) in [6.45, 7) is 3.92. The Morgan fingerprint density at radius 3 is 2.87 bits per heavy atom. The second-order valence-electron chi connectivity index (χ2n) is 6.77. The molecular weight excluding hydrogens is 452 g/mol. The minimum absolute atomic E-state index is 0.00768. The van der Waals surface area contributed by atoms with Gasteiger partial charge >= 0.3 is 0 Å². The van der Waals surface area contributed by atoms with E-state index in [1.165, 1.54) is 41.1 Å². The first kappa shape index (κ1) is 20.2. The van der Waals surface area contributed by atoms with Gasteiger partial charge in [-0.05, 0) is 32.0 Å². The molecule has 0 fully saturated rings. The van der Waals surface area contributed by atoms with Crippen LogP contribution >= 0.6 is 34.9 Å². The van der Waals surface area contributed by atoms with E-state index < -0.39 is 0 Å². The number of hydrogen-bond acceptors (Lipinski definition) is 10. The molecule has 11 heteroatoms. The van der Waals surface area contributed by atoms with Crippen molar-refractivity contribution in [2.45, 2.75) is 34.8 Å². The SMILES string of the molecule is Cc1cc(C)n2nc(SCc3nnc(SCc4coc5ccccc5c4=O)s3)nc2n1. The van der Waals surface area contributed by atoms with E-state index >= 15 is 0 Å². The fraction of sp³-hybridized carbons (Fsp3) is 0.200. The summed E-state index contributed by atoms with van der Waals surface area (Å²) in [5.74, 6) is 1.70. The molecule has 1 aromatic carbocycles. The first-order chi connectivity index (χ1) is 15.1. The summed E-state index contributed by atoms with van der Waals surface area (Å²) in [6, 6.07) is 9.23. The van der Waals surface area contributed by atoms with Crippen molar-refractivity contribution in [2.75, 3.05) is 0 Å². The summed E-state index contributed by atoms with van der Waals surface area (Å²) < 4.78 is 8.12. The van der Waals surface area contributed by atoms with Crippen molar-refractivity contribution < 1.29 is 4.42 Å². The number of thioether (sulfide) groups is 2. The van der Waals surface area contributed by atoms with Crippen LogP contribution in [0.1, 0.15) is 22.0 Å². The van der Waals surface area contributed by atoms with Crippen molar-refractivity contribution in [3.8, 4) is 0 Å². The van der Waals surface area contributed by atoms with E-state index in [4.69, 9.17) is 4.42 Å². The Labute approximate surface area is 189 Å². The van der Waals surface area contributed by atoms with E-state index in [9.17, 15) is 4.79 Å². The molecule has 156 valence electrons. The van der Waals surface area contributed by atoms with Crippen LogP contribution in [-0.4, -0.2) is 29.8 Å². The van der Waals surface area contributed by atoms with E-state index in [2.05, 4.69) is 25.3 Å². The van der Waals surface area contributed by atoms with Gasteiger partial charge in [0.15, 0.2) is 9.77 Å². The van der Waals surface area contributed by atoms with Gasteiger partial charge in [0.05, 0.1) is 17.4 Å². The average Bonchev–Trinajstić information content (AvgIpc) is 3.39. The summed E-state index contributed by atoms with van der Waals surface area (Å²) in [6.07, 6.45) is 1.53. The molecule has 31 heavy (non-hydrogen) atoms.